The van der Waals surface area contributed by atoms with Gasteiger partial charge in [-0.3, -0.25) is 9.69 Å². The van der Waals surface area contributed by atoms with E-state index < -0.39 is 0 Å². The zero-order chi connectivity index (χ0) is 13.9. The highest BCUT2D eigenvalue weighted by molar-refractivity contribution is 5.79. The molecule has 2 aliphatic rings. The van der Waals surface area contributed by atoms with Crippen molar-refractivity contribution in [1.29, 1.82) is 0 Å². The quantitative estimate of drug-likeness (QED) is 0.825. The van der Waals surface area contributed by atoms with Gasteiger partial charge in [0.2, 0.25) is 5.91 Å². The van der Waals surface area contributed by atoms with Crippen molar-refractivity contribution in [3.63, 3.8) is 0 Å². The molecule has 3 rings (SSSR count). The topological polar surface area (TPSA) is 32.8 Å². The Kier molecular flexibility index (Phi) is 4.03. The number of hydrogen-bond acceptors (Lipinski definition) is 3. The van der Waals surface area contributed by atoms with Crippen LogP contribution >= 0.6 is 0 Å². The van der Waals surface area contributed by atoms with Gasteiger partial charge in [-0.1, -0.05) is 30.3 Å². The molecule has 20 heavy (non-hydrogen) atoms. The maximum absolute atomic E-state index is 12.3. The molecule has 0 aromatic heterocycles. The third-order valence-electron chi connectivity index (χ3n) is 4.38. The summed E-state index contributed by atoms with van der Waals surface area (Å²) in [6, 6.07) is 10.7. The van der Waals surface area contributed by atoms with Crippen molar-refractivity contribution < 1.29 is 9.53 Å². The largest absolute Gasteiger partial charge is 0.378 e. The second kappa shape index (κ2) is 5.94. The van der Waals surface area contributed by atoms with Crippen LogP contribution in [-0.4, -0.2) is 61.6 Å². The molecule has 0 saturated carbocycles. The van der Waals surface area contributed by atoms with E-state index in [9.17, 15) is 4.79 Å². The lowest BCUT2D eigenvalue weighted by Crippen LogP contribution is -2.43. The van der Waals surface area contributed by atoms with Crippen LogP contribution in [0.4, 0.5) is 0 Å². The van der Waals surface area contributed by atoms with Gasteiger partial charge in [-0.2, -0.15) is 0 Å². The summed E-state index contributed by atoms with van der Waals surface area (Å²) in [6.07, 6.45) is 1.04. The summed E-state index contributed by atoms with van der Waals surface area (Å²) in [5.41, 5.74) is 1.36. The number of hydrogen-bond donors (Lipinski definition) is 0. The number of likely N-dealkylation sites (N-methyl/N-ethyl adjacent to an activating group) is 1. The van der Waals surface area contributed by atoms with E-state index in [1.54, 1.807) is 0 Å². The van der Waals surface area contributed by atoms with Crippen molar-refractivity contribution in [2.45, 2.75) is 12.5 Å². The molecule has 1 amide bonds. The van der Waals surface area contributed by atoms with E-state index in [1.165, 1.54) is 5.56 Å². The second-order valence-corrected chi connectivity index (χ2v) is 5.83. The molecule has 0 radical (unpaired) electrons. The van der Waals surface area contributed by atoms with Crippen LogP contribution in [0, 0.1) is 5.92 Å². The zero-order valence-electron chi connectivity index (χ0n) is 12.0. The number of nitrogens with zero attached hydrogens (tertiary/aromatic N) is 2. The lowest BCUT2D eigenvalue weighted by molar-refractivity contribution is -0.133. The molecular weight excluding hydrogens is 252 g/mol. The summed E-state index contributed by atoms with van der Waals surface area (Å²) in [7, 11) is 1.91. The summed E-state index contributed by atoms with van der Waals surface area (Å²) in [5.74, 6) is 0.248. The number of fused-ring (bicyclic) bond motifs is 3. The Labute approximate surface area is 120 Å². The van der Waals surface area contributed by atoms with Gasteiger partial charge >= 0.3 is 0 Å². The highest BCUT2D eigenvalue weighted by Gasteiger charge is 2.36. The van der Waals surface area contributed by atoms with Crippen LogP contribution < -0.4 is 0 Å². The number of carbonyl (C=O) groups is 1. The molecule has 0 unspecified atom stereocenters. The molecular formula is C16H22N2O2. The van der Waals surface area contributed by atoms with E-state index in [4.69, 9.17) is 4.74 Å². The molecule has 4 heteroatoms. The standard InChI is InChI=1S/C16H22N2O2/c1-17-15-10-18(8-7-13-5-3-2-4-6-13)9-14(16(17)19)11-20-12-15/h2-6,14-15H,7-12H2,1H3/t14-,15+/m1/s1. The lowest BCUT2D eigenvalue weighted by Gasteiger charge is -2.29. The summed E-state index contributed by atoms with van der Waals surface area (Å²) in [6.45, 7) is 4.00. The first-order valence-electron chi connectivity index (χ1n) is 7.35. The van der Waals surface area contributed by atoms with Gasteiger partial charge in [0.15, 0.2) is 0 Å². The Bertz CT molecular complexity index is 463. The number of rotatable bonds is 3. The van der Waals surface area contributed by atoms with E-state index in [0.717, 1.165) is 26.1 Å². The van der Waals surface area contributed by atoms with Gasteiger partial charge in [-0.25, -0.2) is 0 Å². The Hall–Kier alpha value is -1.39. The predicted octanol–water partition coefficient (Wildman–Crippen LogP) is 1.02. The average molecular weight is 274 g/mol. The second-order valence-electron chi connectivity index (χ2n) is 5.83. The monoisotopic (exact) mass is 274 g/mol. The van der Waals surface area contributed by atoms with Crippen molar-refractivity contribution in [3.05, 3.63) is 35.9 Å². The maximum Gasteiger partial charge on any atom is 0.229 e. The molecule has 0 spiro atoms. The van der Waals surface area contributed by atoms with Gasteiger partial charge in [0.25, 0.3) is 0 Å². The Balaban J connectivity index is 1.65. The number of ether oxygens (including phenoxy) is 1. The molecule has 2 fully saturated rings. The highest BCUT2D eigenvalue weighted by Crippen LogP contribution is 2.19. The Morgan fingerprint density at radius 1 is 1.20 bits per heavy atom. The fraction of sp³-hybridized carbons (Fsp3) is 0.562. The van der Waals surface area contributed by atoms with Gasteiger partial charge in [-0.15, -0.1) is 0 Å². The summed E-state index contributed by atoms with van der Waals surface area (Å²) in [4.78, 5) is 16.6. The normalized spacial score (nSPS) is 27.4. The van der Waals surface area contributed by atoms with Gasteiger partial charge < -0.3 is 9.64 Å². The minimum atomic E-state index is 0.00303. The molecule has 2 aliphatic heterocycles. The molecule has 1 aromatic carbocycles. The van der Waals surface area contributed by atoms with E-state index in [1.807, 2.05) is 18.0 Å². The molecule has 2 heterocycles. The van der Waals surface area contributed by atoms with Crippen LogP contribution in [0.15, 0.2) is 30.3 Å². The fourth-order valence-electron chi connectivity index (χ4n) is 3.10. The van der Waals surface area contributed by atoms with Crippen LogP contribution in [0.5, 0.6) is 0 Å². The van der Waals surface area contributed by atoms with Crippen molar-refractivity contribution in [2.24, 2.45) is 5.92 Å². The summed E-state index contributed by atoms with van der Waals surface area (Å²) in [5, 5.41) is 0. The van der Waals surface area contributed by atoms with Crippen molar-refractivity contribution in [3.8, 4) is 0 Å². The molecule has 1 aromatic rings. The first kappa shape index (κ1) is 13.6. The first-order chi connectivity index (χ1) is 9.74. The molecule has 2 atom stereocenters. The fourth-order valence-corrected chi connectivity index (χ4v) is 3.10. The molecule has 2 bridgehead atoms. The van der Waals surface area contributed by atoms with Crippen LogP contribution in [0.3, 0.4) is 0 Å². The van der Waals surface area contributed by atoms with Gasteiger partial charge in [-0.05, 0) is 12.0 Å². The Morgan fingerprint density at radius 3 is 2.80 bits per heavy atom. The van der Waals surface area contributed by atoms with E-state index >= 15 is 0 Å². The third-order valence-corrected chi connectivity index (χ3v) is 4.38. The van der Waals surface area contributed by atoms with Gasteiger partial charge in [0.1, 0.15) is 0 Å². The van der Waals surface area contributed by atoms with E-state index in [2.05, 4.69) is 29.2 Å². The minimum absolute atomic E-state index is 0.00303. The lowest BCUT2D eigenvalue weighted by atomic mass is 10.1. The van der Waals surface area contributed by atoms with Gasteiger partial charge in [0, 0.05) is 26.7 Å². The number of amides is 1. The zero-order valence-corrected chi connectivity index (χ0v) is 12.0. The van der Waals surface area contributed by atoms with Crippen LogP contribution in [-0.2, 0) is 16.0 Å². The van der Waals surface area contributed by atoms with Crippen LogP contribution in [0.1, 0.15) is 5.56 Å². The van der Waals surface area contributed by atoms with Crippen molar-refractivity contribution in [1.82, 2.24) is 9.80 Å². The van der Waals surface area contributed by atoms with E-state index in [-0.39, 0.29) is 17.9 Å². The number of benzene rings is 1. The smallest absolute Gasteiger partial charge is 0.229 e. The van der Waals surface area contributed by atoms with Gasteiger partial charge in [0.05, 0.1) is 25.2 Å². The highest BCUT2D eigenvalue weighted by atomic mass is 16.5. The molecule has 108 valence electrons. The molecule has 0 N–H and O–H groups in total. The molecule has 4 nitrogen and oxygen atoms in total. The van der Waals surface area contributed by atoms with Crippen molar-refractivity contribution in [2.75, 3.05) is 39.9 Å². The molecule has 2 saturated heterocycles. The maximum atomic E-state index is 12.3. The summed E-state index contributed by atoms with van der Waals surface area (Å²) >= 11 is 0. The van der Waals surface area contributed by atoms with E-state index in [0.29, 0.717) is 13.2 Å². The third kappa shape index (κ3) is 2.86. The first-order valence-corrected chi connectivity index (χ1v) is 7.35. The van der Waals surface area contributed by atoms with Crippen molar-refractivity contribution >= 4 is 5.91 Å². The SMILES string of the molecule is CN1C(=O)[C@H]2COC[C@@H]1CN(CCc1ccccc1)C2. The Morgan fingerprint density at radius 2 is 2.00 bits per heavy atom. The predicted molar refractivity (Wildman–Crippen MR) is 77.5 cm³/mol. The number of carbonyl (C=O) groups excluding carboxylic acids is 1. The molecule has 0 aliphatic carbocycles. The average Bonchev–Trinajstić information content (AvgIpc) is 2.64. The summed E-state index contributed by atoms with van der Waals surface area (Å²) < 4.78 is 5.62. The van der Waals surface area contributed by atoms with Crippen LogP contribution in [0.25, 0.3) is 0 Å². The minimum Gasteiger partial charge on any atom is -0.378 e. The van der Waals surface area contributed by atoms with Crippen LogP contribution in [0.2, 0.25) is 0 Å².